The van der Waals surface area contributed by atoms with Crippen LogP contribution in [-0.2, 0) is 5.75 Å². The van der Waals surface area contributed by atoms with Crippen LogP contribution in [0.1, 0.15) is 15.9 Å². The number of carboxylic acid groups (broad SMARTS) is 1. The maximum absolute atomic E-state index is 12.1. The Labute approximate surface area is 155 Å². The van der Waals surface area contributed by atoms with Crippen LogP contribution in [0.25, 0.3) is 11.1 Å². The molecule has 0 saturated carbocycles. The van der Waals surface area contributed by atoms with Crippen LogP contribution < -0.4 is 5.32 Å². The van der Waals surface area contributed by atoms with E-state index in [1.54, 1.807) is 18.2 Å². The first kappa shape index (κ1) is 17.8. The second kappa shape index (κ2) is 8.36. The third-order valence-electron chi connectivity index (χ3n) is 3.83. The molecule has 0 aliphatic heterocycles. The van der Waals surface area contributed by atoms with E-state index < -0.39 is 5.97 Å². The van der Waals surface area contributed by atoms with E-state index in [0.29, 0.717) is 11.4 Å². The molecule has 3 rings (SSSR count). The van der Waals surface area contributed by atoms with Crippen molar-refractivity contribution < 1.29 is 14.7 Å². The van der Waals surface area contributed by atoms with Gasteiger partial charge in [-0.1, -0.05) is 78.5 Å². The second-order valence-corrected chi connectivity index (χ2v) is 6.56. The van der Waals surface area contributed by atoms with Gasteiger partial charge < -0.3 is 10.4 Å². The topological polar surface area (TPSA) is 66.4 Å². The number of nitrogens with one attached hydrogen (secondary N) is 1. The molecule has 4 nitrogen and oxygen atoms in total. The number of carboxylic acids is 1. The molecule has 5 heteroatoms. The number of carbonyl (C=O) groups excluding carboxylic acids is 1. The normalized spacial score (nSPS) is 10.3. The van der Waals surface area contributed by atoms with Gasteiger partial charge in [0.15, 0.2) is 0 Å². The summed E-state index contributed by atoms with van der Waals surface area (Å²) in [4.78, 5) is 23.3. The van der Waals surface area contributed by atoms with E-state index in [2.05, 4.69) is 17.4 Å². The van der Waals surface area contributed by atoms with Crippen molar-refractivity contribution in [3.05, 3.63) is 90.0 Å². The Morgan fingerprint density at radius 2 is 1.42 bits per heavy atom. The van der Waals surface area contributed by atoms with Gasteiger partial charge in [-0.2, -0.15) is 0 Å². The Hall–Kier alpha value is -3.05. The van der Waals surface area contributed by atoms with Crippen molar-refractivity contribution in [2.24, 2.45) is 0 Å². The molecule has 0 atom stereocenters. The number of benzene rings is 3. The minimum Gasteiger partial charge on any atom is -0.478 e. The van der Waals surface area contributed by atoms with Crippen LogP contribution in [0.3, 0.4) is 0 Å². The minimum atomic E-state index is -1.07. The summed E-state index contributed by atoms with van der Waals surface area (Å²) >= 11 is 1.10. The zero-order chi connectivity index (χ0) is 18.4. The summed E-state index contributed by atoms with van der Waals surface area (Å²) in [5, 5.41) is 11.5. The summed E-state index contributed by atoms with van der Waals surface area (Å²) in [5.41, 5.74) is 3.68. The summed E-state index contributed by atoms with van der Waals surface area (Å²) in [6, 6.07) is 24.5. The molecule has 0 fully saturated rings. The monoisotopic (exact) mass is 363 g/mol. The Bertz CT molecular complexity index is 908. The van der Waals surface area contributed by atoms with Crippen LogP contribution >= 0.6 is 11.8 Å². The molecule has 1 amide bonds. The van der Waals surface area contributed by atoms with Crippen LogP contribution in [0.4, 0.5) is 10.5 Å². The Kier molecular flexibility index (Phi) is 5.71. The molecule has 130 valence electrons. The fraction of sp³-hybridized carbons (Fsp3) is 0.0476. The fourth-order valence-corrected chi connectivity index (χ4v) is 3.17. The molecule has 26 heavy (non-hydrogen) atoms. The highest BCUT2D eigenvalue weighted by Gasteiger charge is 2.12. The van der Waals surface area contributed by atoms with E-state index in [4.69, 9.17) is 5.11 Å². The van der Waals surface area contributed by atoms with Crippen molar-refractivity contribution in [1.29, 1.82) is 0 Å². The third kappa shape index (κ3) is 4.52. The standard InChI is InChI=1S/C21H17NO3S/c23-20(24)18-8-4-5-9-19(18)22-21(25)26-14-15-10-12-17(13-11-15)16-6-2-1-3-7-16/h1-13H,14H2,(H,22,25)(H,23,24). The number of thioether (sulfide) groups is 1. The predicted molar refractivity (Wildman–Crippen MR) is 106 cm³/mol. The Morgan fingerprint density at radius 1 is 0.808 bits per heavy atom. The molecule has 0 aliphatic carbocycles. The lowest BCUT2D eigenvalue weighted by atomic mass is 10.0. The highest BCUT2D eigenvalue weighted by atomic mass is 32.2. The van der Waals surface area contributed by atoms with E-state index in [0.717, 1.165) is 28.5 Å². The number of hydrogen-bond acceptors (Lipinski definition) is 3. The second-order valence-electron chi connectivity index (χ2n) is 5.61. The molecule has 3 aromatic rings. The SMILES string of the molecule is O=C(Nc1ccccc1C(=O)O)SCc1ccc(-c2ccccc2)cc1. The highest BCUT2D eigenvalue weighted by Crippen LogP contribution is 2.23. The van der Waals surface area contributed by atoms with Crippen LogP contribution in [0.15, 0.2) is 78.9 Å². The van der Waals surface area contributed by atoms with Gasteiger partial charge in [0, 0.05) is 5.75 Å². The fourth-order valence-electron chi connectivity index (χ4n) is 2.50. The quantitative estimate of drug-likeness (QED) is 0.626. The molecule has 3 aromatic carbocycles. The van der Waals surface area contributed by atoms with Crippen LogP contribution in [0, 0.1) is 0 Å². The van der Waals surface area contributed by atoms with E-state index in [9.17, 15) is 9.59 Å². The lowest BCUT2D eigenvalue weighted by molar-refractivity contribution is 0.0698. The number of para-hydroxylation sites is 1. The van der Waals surface area contributed by atoms with Gasteiger partial charge in [0.2, 0.25) is 0 Å². The zero-order valence-electron chi connectivity index (χ0n) is 13.9. The molecule has 2 N–H and O–H groups in total. The first-order valence-corrected chi connectivity index (χ1v) is 9.02. The molecule has 0 aromatic heterocycles. The molecule has 0 radical (unpaired) electrons. The van der Waals surface area contributed by atoms with Crippen molar-refractivity contribution in [2.45, 2.75) is 5.75 Å². The molecule has 0 spiro atoms. The molecule has 0 aliphatic rings. The molecule has 0 bridgehead atoms. The lowest BCUT2D eigenvalue weighted by Crippen LogP contribution is -2.10. The van der Waals surface area contributed by atoms with Crippen molar-refractivity contribution in [2.75, 3.05) is 5.32 Å². The summed E-state index contributed by atoms with van der Waals surface area (Å²) in [5.74, 6) is -0.557. The largest absolute Gasteiger partial charge is 0.478 e. The van der Waals surface area contributed by atoms with Gasteiger partial charge in [-0.05, 0) is 28.8 Å². The van der Waals surface area contributed by atoms with Gasteiger partial charge in [0.1, 0.15) is 0 Å². The van der Waals surface area contributed by atoms with E-state index in [1.165, 1.54) is 6.07 Å². The number of anilines is 1. The third-order valence-corrected chi connectivity index (χ3v) is 4.67. The minimum absolute atomic E-state index is 0.0775. The maximum Gasteiger partial charge on any atom is 0.337 e. The average Bonchev–Trinajstić information content (AvgIpc) is 2.68. The smallest absolute Gasteiger partial charge is 0.337 e. The van der Waals surface area contributed by atoms with Crippen LogP contribution in [0.5, 0.6) is 0 Å². The zero-order valence-corrected chi connectivity index (χ0v) is 14.7. The first-order chi connectivity index (χ1) is 12.6. The highest BCUT2D eigenvalue weighted by molar-refractivity contribution is 8.13. The Balaban J connectivity index is 1.59. The molecule has 0 heterocycles. The number of amides is 1. The summed E-state index contributed by atoms with van der Waals surface area (Å²) in [7, 11) is 0. The van der Waals surface area contributed by atoms with Gasteiger partial charge >= 0.3 is 5.97 Å². The van der Waals surface area contributed by atoms with Gasteiger partial charge in [0.25, 0.3) is 5.24 Å². The lowest BCUT2D eigenvalue weighted by Gasteiger charge is -2.08. The number of aromatic carboxylic acids is 1. The maximum atomic E-state index is 12.1. The van der Waals surface area contributed by atoms with Gasteiger partial charge in [0.05, 0.1) is 11.3 Å². The van der Waals surface area contributed by atoms with Crippen molar-refractivity contribution in [3.63, 3.8) is 0 Å². The van der Waals surface area contributed by atoms with Crippen LogP contribution in [0.2, 0.25) is 0 Å². The van der Waals surface area contributed by atoms with E-state index in [1.807, 2.05) is 42.5 Å². The van der Waals surface area contributed by atoms with E-state index in [-0.39, 0.29) is 10.8 Å². The number of rotatable bonds is 5. The predicted octanol–water partition coefficient (Wildman–Crippen LogP) is 5.52. The first-order valence-electron chi connectivity index (χ1n) is 8.04. The van der Waals surface area contributed by atoms with Gasteiger partial charge in [-0.25, -0.2) is 4.79 Å². The average molecular weight is 363 g/mol. The summed E-state index contributed by atoms with van der Waals surface area (Å²) in [6.07, 6.45) is 0. The molecule has 0 saturated heterocycles. The van der Waals surface area contributed by atoms with Crippen molar-refractivity contribution in [3.8, 4) is 11.1 Å². The van der Waals surface area contributed by atoms with E-state index >= 15 is 0 Å². The molecule has 0 unspecified atom stereocenters. The van der Waals surface area contributed by atoms with Gasteiger partial charge in [-0.15, -0.1) is 0 Å². The number of carbonyl (C=O) groups is 2. The van der Waals surface area contributed by atoms with Crippen molar-refractivity contribution >= 4 is 28.7 Å². The Morgan fingerprint density at radius 3 is 2.12 bits per heavy atom. The van der Waals surface area contributed by atoms with Crippen LogP contribution in [-0.4, -0.2) is 16.3 Å². The number of hydrogen-bond donors (Lipinski definition) is 2. The molecular formula is C21H17NO3S. The summed E-state index contributed by atoms with van der Waals surface area (Å²) < 4.78 is 0. The van der Waals surface area contributed by atoms with Gasteiger partial charge in [-0.3, -0.25) is 4.79 Å². The summed E-state index contributed by atoms with van der Waals surface area (Å²) in [6.45, 7) is 0. The molecular weight excluding hydrogens is 346 g/mol. The van der Waals surface area contributed by atoms with Crippen molar-refractivity contribution in [1.82, 2.24) is 0 Å².